The van der Waals surface area contributed by atoms with E-state index in [1.807, 2.05) is 13.8 Å². The summed E-state index contributed by atoms with van der Waals surface area (Å²) < 4.78 is 38.4. The number of halogens is 3. The predicted molar refractivity (Wildman–Crippen MR) is 73.3 cm³/mol. The van der Waals surface area contributed by atoms with E-state index < -0.39 is 11.7 Å². The number of anilines is 1. The van der Waals surface area contributed by atoms with Crippen LogP contribution in [0.4, 0.5) is 18.9 Å². The molecule has 2 nitrogen and oxygen atoms in total. The van der Waals surface area contributed by atoms with Crippen molar-refractivity contribution in [1.82, 2.24) is 0 Å². The highest BCUT2D eigenvalue weighted by atomic mass is 19.4. The standard InChI is InChI=1S/C15H19F3N2/c1-11-5-6-12(9-13(11)15(16,17)18)20-10-14(2,3)7-4-8-19/h5-6,9,20H,4,7,10H2,1-3H3. The Hall–Kier alpha value is -1.70. The van der Waals surface area contributed by atoms with Crippen LogP contribution in [0.5, 0.6) is 0 Å². The lowest BCUT2D eigenvalue weighted by molar-refractivity contribution is -0.138. The second-order valence-corrected chi connectivity index (χ2v) is 5.70. The third-order valence-corrected chi connectivity index (χ3v) is 3.23. The van der Waals surface area contributed by atoms with Crippen LogP contribution in [-0.4, -0.2) is 6.54 Å². The first kappa shape index (κ1) is 16.4. The van der Waals surface area contributed by atoms with Gasteiger partial charge in [-0.05, 0) is 36.5 Å². The smallest absolute Gasteiger partial charge is 0.384 e. The molecule has 0 aliphatic carbocycles. The maximum absolute atomic E-state index is 12.8. The second-order valence-electron chi connectivity index (χ2n) is 5.70. The number of nitrogens with zero attached hydrogens (tertiary/aromatic N) is 1. The number of nitriles is 1. The zero-order valence-electron chi connectivity index (χ0n) is 11.9. The molecule has 1 N–H and O–H groups in total. The maximum atomic E-state index is 12.8. The molecule has 1 rings (SSSR count). The van der Waals surface area contributed by atoms with Crippen LogP contribution in [0.3, 0.4) is 0 Å². The first-order valence-corrected chi connectivity index (χ1v) is 6.44. The molecule has 0 atom stereocenters. The van der Waals surface area contributed by atoms with Crippen molar-refractivity contribution in [3.63, 3.8) is 0 Å². The minimum atomic E-state index is -4.34. The largest absolute Gasteiger partial charge is 0.416 e. The summed E-state index contributed by atoms with van der Waals surface area (Å²) in [5.41, 5.74) is -0.0870. The van der Waals surface area contributed by atoms with Gasteiger partial charge < -0.3 is 5.32 Å². The molecule has 0 saturated heterocycles. The minimum absolute atomic E-state index is 0.140. The molecule has 0 bridgehead atoms. The quantitative estimate of drug-likeness (QED) is 0.846. The van der Waals surface area contributed by atoms with Crippen LogP contribution in [0.1, 0.15) is 37.8 Å². The van der Waals surface area contributed by atoms with Gasteiger partial charge in [0.05, 0.1) is 11.6 Å². The van der Waals surface area contributed by atoms with Crippen molar-refractivity contribution in [2.24, 2.45) is 5.41 Å². The van der Waals surface area contributed by atoms with Crippen LogP contribution in [0.25, 0.3) is 0 Å². The Bertz CT molecular complexity index is 499. The highest BCUT2D eigenvalue weighted by Gasteiger charge is 2.32. The van der Waals surface area contributed by atoms with Crippen LogP contribution in [0.2, 0.25) is 0 Å². The number of nitrogens with one attached hydrogen (secondary N) is 1. The molecule has 1 aromatic carbocycles. The fraction of sp³-hybridized carbons (Fsp3) is 0.533. The van der Waals surface area contributed by atoms with E-state index in [1.165, 1.54) is 13.0 Å². The Morgan fingerprint density at radius 3 is 2.45 bits per heavy atom. The molecular weight excluding hydrogens is 265 g/mol. The van der Waals surface area contributed by atoms with Crippen molar-refractivity contribution in [2.75, 3.05) is 11.9 Å². The highest BCUT2D eigenvalue weighted by Crippen LogP contribution is 2.33. The molecule has 0 fully saturated rings. The molecule has 0 aromatic heterocycles. The van der Waals surface area contributed by atoms with Gasteiger partial charge in [-0.25, -0.2) is 0 Å². The third-order valence-electron chi connectivity index (χ3n) is 3.23. The number of aryl methyl sites for hydroxylation is 1. The van der Waals surface area contributed by atoms with Gasteiger partial charge in [-0.15, -0.1) is 0 Å². The third kappa shape index (κ3) is 4.76. The lowest BCUT2D eigenvalue weighted by Crippen LogP contribution is -2.23. The Morgan fingerprint density at radius 1 is 1.25 bits per heavy atom. The van der Waals surface area contributed by atoms with Crippen LogP contribution in [0, 0.1) is 23.7 Å². The van der Waals surface area contributed by atoms with Crippen molar-refractivity contribution in [2.45, 2.75) is 39.8 Å². The molecule has 0 aliphatic rings. The molecule has 5 heteroatoms. The SMILES string of the molecule is Cc1ccc(NCC(C)(C)CCC#N)cc1C(F)(F)F. The fourth-order valence-electron chi connectivity index (χ4n) is 1.86. The van der Waals surface area contributed by atoms with E-state index in [0.717, 1.165) is 6.07 Å². The maximum Gasteiger partial charge on any atom is 0.416 e. The van der Waals surface area contributed by atoms with Crippen molar-refractivity contribution in [3.05, 3.63) is 29.3 Å². The van der Waals surface area contributed by atoms with Crippen molar-refractivity contribution < 1.29 is 13.2 Å². The molecular formula is C15H19F3N2. The summed E-state index contributed by atoms with van der Waals surface area (Å²) in [6.45, 7) is 5.94. The number of benzene rings is 1. The summed E-state index contributed by atoms with van der Waals surface area (Å²) >= 11 is 0. The zero-order chi connectivity index (χ0) is 15.4. The summed E-state index contributed by atoms with van der Waals surface area (Å²) in [5.74, 6) is 0. The van der Waals surface area contributed by atoms with Crippen molar-refractivity contribution in [1.29, 1.82) is 5.26 Å². The van der Waals surface area contributed by atoms with E-state index in [2.05, 4.69) is 11.4 Å². The molecule has 0 amide bonds. The van der Waals surface area contributed by atoms with Crippen LogP contribution in [0.15, 0.2) is 18.2 Å². The summed E-state index contributed by atoms with van der Waals surface area (Å²) in [7, 11) is 0. The number of rotatable bonds is 5. The molecule has 0 radical (unpaired) electrons. The van der Waals surface area contributed by atoms with E-state index in [9.17, 15) is 13.2 Å². The van der Waals surface area contributed by atoms with E-state index >= 15 is 0 Å². The van der Waals surface area contributed by atoms with E-state index in [0.29, 0.717) is 25.1 Å². The lowest BCUT2D eigenvalue weighted by atomic mass is 9.88. The molecule has 0 saturated carbocycles. The lowest BCUT2D eigenvalue weighted by Gasteiger charge is -2.24. The Balaban J connectivity index is 2.77. The van der Waals surface area contributed by atoms with Gasteiger partial charge in [-0.3, -0.25) is 0 Å². The average Bonchev–Trinajstić information content (AvgIpc) is 2.34. The van der Waals surface area contributed by atoms with Gasteiger partial charge in [0.1, 0.15) is 0 Å². The van der Waals surface area contributed by atoms with Gasteiger partial charge in [0, 0.05) is 18.7 Å². The molecule has 0 aliphatic heterocycles. The van der Waals surface area contributed by atoms with Gasteiger partial charge in [-0.1, -0.05) is 19.9 Å². The van der Waals surface area contributed by atoms with Gasteiger partial charge in [-0.2, -0.15) is 18.4 Å². The Morgan fingerprint density at radius 2 is 1.90 bits per heavy atom. The summed E-state index contributed by atoms with van der Waals surface area (Å²) in [6, 6.07) is 6.33. The molecule has 20 heavy (non-hydrogen) atoms. The van der Waals surface area contributed by atoms with Gasteiger partial charge >= 0.3 is 6.18 Å². The minimum Gasteiger partial charge on any atom is -0.384 e. The highest BCUT2D eigenvalue weighted by molar-refractivity contribution is 5.49. The normalized spacial score (nSPS) is 12.1. The van der Waals surface area contributed by atoms with E-state index in [4.69, 9.17) is 5.26 Å². The Labute approximate surface area is 117 Å². The predicted octanol–water partition coefficient (Wildman–Crippen LogP) is 4.76. The fourth-order valence-corrected chi connectivity index (χ4v) is 1.86. The summed E-state index contributed by atoms with van der Waals surface area (Å²) in [4.78, 5) is 0. The molecule has 1 aromatic rings. The number of hydrogen-bond acceptors (Lipinski definition) is 2. The van der Waals surface area contributed by atoms with Gasteiger partial charge in [0.2, 0.25) is 0 Å². The second kappa shape index (κ2) is 6.17. The van der Waals surface area contributed by atoms with Crippen molar-refractivity contribution >= 4 is 5.69 Å². The van der Waals surface area contributed by atoms with Gasteiger partial charge in [0.15, 0.2) is 0 Å². The number of hydrogen-bond donors (Lipinski definition) is 1. The van der Waals surface area contributed by atoms with Crippen LogP contribution in [-0.2, 0) is 6.18 Å². The molecule has 0 heterocycles. The monoisotopic (exact) mass is 284 g/mol. The first-order valence-electron chi connectivity index (χ1n) is 6.44. The zero-order valence-corrected chi connectivity index (χ0v) is 11.9. The number of alkyl halides is 3. The topological polar surface area (TPSA) is 35.8 Å². The van der Waals surface area contributed by atoms with Crippen LogP contribution < -0.4 is 5.32 Å². The summed E-state index contributed by atoms with van der Waals surface area (Å²) in [6.07, 6.45) is -3.19. The summed E-state index contributed by atoms with van der Waals surface area (Å²) in [5, 5.41) is 11.6. The van der Waals surface area contributed by atoms with E-state index in [-0.39, 0.29) is 11.0 Å². The molecule has 110 valence electrons. The van der Waals surface area contributed by atoms with Crippen LogP contribution >= 0.6 is 0 Å². The van der Waals surface area contributed by atoms with Gasteiger partial charge in [0.25, 0.3) is 0 Å². The van der Waals surface area contributed by atoms with Crippen molar-refractivity contribution in [3.8, 4) is 6.07 Å². The van der Waals surface area contributed by atoms with E-state index in [1.54, 1.807) is 6.07 Å². The molecule has 0 unspecified atom stereocenters. The average molecular weight is 284 g/mol. The first-order chi connectivity index (χ1) is 9.15. The Kier molecular flexibility index (Phi) is 5.04. The molecule has 0 spiro atoms.